The first-order valence-corrected chi connectivity index (χ1v) is 15.3. The Balaban J connectivity index is 0.000000271. The summed E-state index contributed by atoms with van der Waals surface area (Å²) in [6.07, 6.45) is 4.21. The number of fused-ring (bicyclic) bond motifs is 4. The molecule has 0 aliphatic carbocycles. The van der Waals surface area contributed by atoms with Gasteiger partial charge in [-0.3, -0.25) is 14.8 Å². The normalized spacial score (nSPS) is 16.9. The molecule has 40 heavy (non-hydrogen) atoms. The Morgan fingerprint density at radius 1 is 0.925 bits per heavy atom. The molecule has 1 aromatic heterocycles. The van der Waals surface area contributed by atoms with E-state index in [1.807, 2.05) is 12.3 Å². The maximum absolute atomic E-state index is 6.16. The highest BCUT2D eigenvalue weighted by atomic mass is 79.9. The first-order valence-electron chi connectivity index (χ1n) is 14.5. The molecule has 0 radical (unpaired) electrons. The largest absolute Gasteiger partial charge is 0.475 e. The SMILES string of the molecule is CCCN1COc2c(cc(CN3CCN(c4ccc(Br)cc4)CC3)c3cccnc23)C1.c1ccc2c(c1)CCN2. The van der Waals surface area contributed by atoms with Crippen molar-refractivity contribution in [1.82, 2.24) is 14.8 Å². The molecule has 3 aliphatic rings. The molecule has 1 N–H and O–H groups in total. The number of pyridine rings is 1. The van der Waals surface area contributed by atoms with Gasteiger partial charge in [-0.2, -0.15) is 0 Å². The highest BCUT2D eigenvalue weighted by molar-refractivity contribution is 9.10. The van der Waals surface area contributed by atoms with Crippen molar-refractivity contribution in [3.05, 3.63) is 94.1 Å². The van der Waals surface area contributed by atoms with Gasteiger partial charge < -0.3 is 15.0 Å². The molecule has 7 heteroatoms. The maximum atomic E-state index is 6.16. The summed E-state index contributed by atoms with van der Waals surface area (Å²) in [5.41, 5.74) is 7.73. The quantitative estimate of drug-likeness (QED) is 0.281. The van der Waals surface area contributed by atoms with Crippen molar-refractivity contribution in [2.45, 2.75) is 32.9 Å². The van der Waals surface area contributed by atoms with Gasteiger partial charge in [-0.1, -0.05) is 47.1 Å². The number of hydrogen-bond acceptors (Lipinski definition) is 6. The lowest BCUT2D eigenvalue weighted by molar-refractivity contribution is 0.0969. The molecule has 3 aromatic carbocycles. The number of piperazine rings is 1. The van der Waals surface area contributed by atoms with E-state index in [0.717, 1.165) is 74.5 Å². The van der Waals surface area contributed by atoms with E-state index in [-0.39, 0.29) is 0 Å². The molecule has 0 bridgehead atoms. The second kappa shape index (κ2) is 12.6. The number of nitrogens with zero attached hydrogens (tertiary/aromatic N) is 4. The Kier molecular flexibility index (Phi) is 8.51. The molecular weight excluding hydrogens is 562 g/mol. The van der Waals surface area contributed by atoms with Gasteiger partial charge in [0.15, 0.2) is 5.75 Å². The van der Waals surface area contributed by atoms with Crippen molar-refractivity contribution in [2.24, 2.45) is 0 Å². The lowest BCUT2D eigenvalue weighted by Gasteiger charge is -2.36. The predicted octanol–water partition coefficient (Wildman–Crippen LogP) is 6.54. The van der Waals surface area contributed by atoms with Gasteiger partial charge in [-0.05, 0) is 66.4 Å². The zero-order chi connectivity index (χ0) is 27.3. The molecule has 0 saturated carbocycles. The minimum absolute atomic E-state index is 0.657. The van der Waals surface area contributed by atoms with Gasteiger partial charge in [-0.25, -0.2) is 0 Å². The molecule has 4 aromatic rings. The minimum Gasteiger partial charge on any atom is -0.475 e. The molecule has 4 heterocycles. The topological polar surface area (TPSA) is 43.9 Å². The number of aromatic nitrogens is 1. The van der Waals surface area contributed by atoms with Crippen molar-refractivity contribution >= 4 is 38.2 Å². The van der Waals surface area contributed by atoms with Gasteiger partial charge in [0.1, 0.15) is 12.2 Å². The molecule has 0 spiro atoms. The van der Waals surface area contributed by atoms with Crippen LogP contribution in [-0.2, 0) is 19.5 Å². The fourth-order valence-corrected chi connectivity index (χ4v) is 6.23. The van der Waals surface area contributed by atoms with Gasteiger partial charge in [0, 0.05) is 85.4 Å². The summed E-state index contributed by atoms with van der Waals surface area (Å²) in [6, 6.07) is 23.7. The first kappa shape index (κ1) is 27.1. The Bertz CT molecular complexity index is 1410. The Morgan fingerprint density at radius 2 is 1.75 bits per heavy atom. The Morgan fingerprint density at radius 3 is 2.55 bits per heavy atom. The number of ether oxygens (including phenoxy) is 1. The fraction of sp³-hybridized carbons (Fsp3) is 0.364. The average Bonchev–Trinajstić information content (AvgIpc) is 3.48. The van der Waals surface area contributed by atoms with E-state index in [1.165, 1.54) is 39.9 Å². The number of para-hydroxylation sites is 1. The molecule has 7 rings (SSSR count). The predicted molar refractivity (Wildman–Crippen MR) is 168 cm³/mol. The second-order valence-electron chi connectivity index (χ2n) is 10.8. The van der Waals surface area contributed by atoms with E-state index in [4.69, 9.17) is 9.72 Å². The first-order chi connectivity index (χ1) is 19.7. The highest BCUT2D eigenvalue weighted by Crippen LogP contribution is 2.35. The van der Waals surface area contributed by atoms with Crippen molar-refractivity contribution in [1.29, 1.82) is 0 Å². The molecule has 1 fully saturated rings. The van der Waals surface area contributed by atoms with Crippen molar-refractivity contribution in [2.75, 3.05) is 56.2 Å². The van der Waals surface area contributed by atoms with E-state index < -0.39 is 0 Å². The maximum Gasteiger partial charge on any atom is 0.152 e. The van der Waals surface area contributed by atoms with E-state index in [1.54, 1.807) is 0 Å². The van der Waals surface area contributed by atoms with Gasteiger partial charge >= 0.3 is 0 Å². The summed E-state index contributed by atoms with van der Waals surface area (Å²) in [7, 11) is 0. The lowest BCUT2D eigenvalue weighted by Crippen LogP contribution is -2.46. The smallest absolute Gasteiger partial charge is 0.152 e. The number of rotatable bonds is 5. The number of benzene rings is 3. The second-order valence-corrected chi connectivity index (χ2v) is 11.7. The molecule has 0 atom stereocenters. The van der Waals surface area contributed by atoms with Crippen LogP contribution in [0.25, 0.3) is 10.9 Å². The molecule has 1 saturated heterocycles. The zero-order valence-electron chi connectivity index (χ0n) is 23.3. The average molecular weight is 601 g/mol. The summed E-state index contributed by atoms with van der Waals surface area (Å²) >= 11 is 3.53. The molecule has 3 aliphatic heterocycles. The van der Waals surface area contributed by atoms with E-state index in [2.05, 4.69) is 104 Å². The number of hydrogen-bond donors (Lipinski definition) is 1. The summed E-state index contributed by atoms with van der Waals surface area (Å²) in [5, 5.41) is 4.52. The van der Waals surface area contributed by atoms with Gasteiger partial charge in [0.2, 0.25) is 0 Å². The zero-order valence-corrected chi connectivity index (χ0v) is 24.9. The van der Waals surface area contributed by atoms with Crippen molar-refractivity contribution in [3.63, 3.8) is 0 Å². The molecular formula is C33H38BrN5O. The number of halogens is 1. The monoisotopic (exact) mass is 599 g/mol. The van der Waals surface area contributed by atoms with Gasteiger partial charge in [0.05, 0.1) is 0 Å². The lowest BCUT2D eigenvalue weighted by atomic mass is 10.0. The summed E-state index contributed by atoms with van der Waals surface area (Å²) < 4.78 is 7.29. The van der Waals surface area contributed by atoms with Crippen LogP contribution in [0.15, 0.2) is 77.4 Å². The van der Waals surface area contributed by atoms with Crippen molar-refractivity contribution in [3.8, 4) is 5.75 Å². The van der Waals surface area contributed by atoms with E-state index in [9.17, 15) is 0 Å². The molecule has 0 amide bonds. The number of nitrogens with one attached hydrogen (secondary N) is 1. The van der Waals surface area contributed by atoms with Gasteiger partial charge in [0.25, 0.3) is 0 Å². The summed E-state index contributed by atoms with van der Waals surface area (Å²) in [6.45, 7) is 11.2. The van der Waals surface area contributed by atoms with Crippen LogP contribution in [0.4, 0.5) is 11.4 Å². The Hall–Kier alpha value is -3.13. The van der Waals surface area contributed by atoms with E-state index >= 15 is 0 Å². The third-order valence-corrected chi connectivity index (χ3v) is 8.55. The third kappa shape index (κ3) is 6.12. The van der Waals surface area contributed by atoms with Gasteiger partial charge in [-0.15, -0.1) is 0 Å². The molecule has 0 unspecified atom stereocenters. The van der Waals surface area contributed by atoms with Crippen LogP contribution < -0.4 is 15.0 Å². The number of anilines is 2. The van der Waals surface area contributed by atoms with Crippen LogP contribution in [-0.4, -0.2) is 60.8 Å². The van der Waals surface area contributed by atoms with Crippen LogP contribution in [0.1, 0.15) is 30.0 Å². The summed E-state index contributed by atoms with van der Waals surface area (Å²) in [5.74, 6) is 0.978. The molecule has 208 valence electrons. The standard InChI is InChI=1S/C25H29BrN4O.C8H9N/c1-2-10-29-17-20-15-19(23-4-3-9-27-24(23)25(20)31-18-29)16-28-11-13-30(14-12-28)22-7-5-21(26)6-8-22;1-2-4-8-7(3-1)5-6-9-8/h3-9,15H,2,10-14,16-18H2,1H3;1-4,9H,5-6H2. The van der Waals surface area contributed by atoms with Crippen LogP contribution in [0, 0.1) is 0 Å². The highest BCUT2D eigenvalue weighted by Gasteiger charge is 2.24. The fourth-order valence-electron chi connectivity index (χ4n) is 5.96. The van der Waals surface area contributed by atoms with Crippen LogP contribution in [0.2, 0.25) is 0 Å². The Labute approximate surface area is 246 Å². The molecule has 6 nitrogen and oxygen atoms in total. The van der Waals surface area contributed by atoms with Crippen LogP contribution in [0.5, 0.6) is 5.75 Å². The van der Waals surface area contributed by atoms with Crippen LogP contribution in [0.3, 0.4) is 0 Å². The van der Waals surface area contributed by atoms with Crippen molar-refractivity contribution < 1.29 is 4.74 Å². The third-order valence-electron chi connectivity index (χ3n) is 8.02. The summed E-state index contributed by atoms with van der Waals surface area (Å²) in [4.78, 5) is 12.1. The minimum atomic E-state index is 0.657. The van der Waals surface area contributed by atoms with E-state index in [0.29, 0.717) is 6.73 Å². The van der Waals surface area contributed by atoms with Crippen LogP contribution >= 0.6 is 15.9 Å².